The molecule has 4 heterocycles. The zero-order chi connectivity index (χ0) is 45.5. The Labute approximate surface area is 370 Å². The second kappa shape index (κ2) is 18.4. The fourth-order valence-electron chi connectivity index (χ4n) is 9.77. The van der Waals surface area contributed by atoms with E-state index in [1.54, 1.807) is 39.6 Å². The van der Waals surface area contributed by atoms with Gasteiger partial charge in [-0.1, -0.05) is 46.8 Å². The third-order valence-electron chi connectivity index (χ3n) is 13.2. The van der Waals surface area contributed by atoms with Crippen LogP contribution in [0.1, 0.15) is 84.2 Å². The first-order valence-corrected chi connectivity index (χ1v) is 22.3. The monoisotopic (exact) mass is 864 g/mol. The number of cyclic esters (lactones) is 1. The Bertz CT molecular complexity index is 2370. The number of aromatic hydroxyl groups is 1. The fraction of sp³-hybridized carbons (Fsp3) is 0.531. The maximum Gasteiger partial charge on any atom is 0.324 e. The number of phenolic OH excluding ortho intramolecular Hbond substituents is 1. The Morgan fingerprint density at radius 3 is 2.54 bits per heavy atom. The molecule has 0 spiro atoms. The van der Waals surface area contributed by atoms with Crippen molar-refractivity contribution >= 4 is 34.6 Å². The van der Waals surface area contributed by atoms with Gasteiger partial charge in [-0.3, -0.25) is 29.2 Å². The standard InChI is InChI=1S/C49H64N6O8/c1-11-54-39-17-16-31-24-35(39)36(43(54)34-14-12-18-50-41(34)29(5)61-9)25-49(6,7)26-63-48(60)37-15-13-19-55(52-37)46(58)38(22-30-20-32(31)23-33(56)21-30)51-45(57)42(27(2)3)53(8)47(59)40-28(4)44(40)62-10/h12,14,16-18,20-21,23-24,27-29,37-38,40,42,44,52,56H,11,13,15,19,22,25-26H2,1-10H3,(H,51,57)/t28-,29+,37+,38+,40+,42+,44-/m1/s1. The number of carbonyl (C=O) groups is 4. The number of hydrogen-bond acceptors (Lipinski definition) is 10. The van der Waals surface area contributed by atoms with Crippen molar-refractivity contribution in [2.45, 2.75) is 111 Å². The van der Waals surface area contributed by atoms with Crippen molar-refractivity contribution in [2.75, 3.05) is 34.4 Å². The molecule has 4 aromatic rings. The van der Waals surface area contributed by atoms with Crippen LogP contribution < -0.4 is 10.7 Å². The summed E-state index contributed by atoms with van der Waals surface area (Å²) in [6.07, 6.45) is 2.85. The van der Waals surface area contributed by atoms with Crippen molar-refractivity contribution in [2.24, 2.45) is 23.2 Å². The molecule has 63 heavy (non-hydrogen) atoms. The summed E-state index contributed by atoms with van der Waals surface area (Å²) in [6.45, 7) is 15.0. The topological polar surface area (TPSA) is 165 Å². The summed E-state index contributed by atoms with van der Waals surface area (Å²) in [5, 5.41) is 16.7. The zero-order valence-electron chi connectivity index (χ0n) is 38.4. The molecule has 14 nitrogen and oxygen atoms in total. The van der Waals surface area contributed by atoms with Gasteiger partial charge in [0.2, 0.25) is 11.8 Å². The molecule has 2 fully saturated rings. The number of likely N-dealkylation sites (N-methyl/N-ethyl adjacent to an activating group) is 1. The van der Waals surface area contributed by atoms with Gasteiger partial charge in [-0.2, -0.15) is 0 Å². The van der Waals surface area contributed by atoms with E-state index in [0.717, 1.165) is 44.5 Å². The Balaban J connectivity index is 1.34. The van der Waals surface area contributed by atoms with Gasteiger partial charge in [-0.05, 0) is 104 Å². The molecule has 1 aliphatic carbocycles. The highest BCUT2D eigenvalue weighted by atomic mass is 16.5. The number of ether oxygens (including phenoxy) is 3. The Kier molecular flexibility index (Phi) is 13.4. The number of nitrogens with zero attached hydrogens (tertiary/aromatic N) is 4. The maximum absolute atomic E-state index is 14.6. The number of phenols is 1. The molecule has 3 aliphatic rings. The Morgan fingerprint density at radius 2 is 1.86 bits per heavy atom. The highest BCUT2D eigenvalue weighted by molar-refractivity contribution is 5.96. The summed E-state index contributed by atoms with van der Waals surface area (Å²) in [4.78, 5) is 62.9. The first-order chi connectivity index (χ1) is 30.0. The minimum Gasteiger partial charge on any atom is -0.508 e. The highest BCUT2D eigenvalue weighted by Crippen LogP contribution is 2.44. The average Bonchev–Trinajstić information content (AvgIpc) is 3.83. The van der Waals surface area contributed by atoms with Gasteiger partial charge in [0.15, 0.2) is 0 Å². The summed E-state index contributed by atoms with van der Waals surface area (Å²) in [6, 6.07) is 12.7. The third kappa shape index (κ3) is 9.21. The first kappa shape index (κ1) is 45.7. The molecular formula is C49H64N6O8. The van der Waals surface area contributed by atoms with Crippen LogP contribution in [-0.4, -0.2) is 107 Å². The molecule has 6 bridgehead atoms. The molecule has 338 valence electrons. The van der Waals surface area contributed by atoms with Gasteiger partial charge < -0.3 is 34.1 Å². The smallest absolute Gasteiger partial charge is 0.324 e. The number of benzene rings is 2. The van der Waals surface area contributed by atoms with Crippen LogP contribution in [0.4, 0.5) is 0 Å². The van der Waals surface area contributed by atoms with Gasteiger partial charge >= 0.3 is 5.97 Å². The number of hydrazine groups is 1. The lowest BCUT2D eigenvalue weighted by Crippen LogP contribution is -2.62. The van der Waals surface area contributed by atoms with Crippen LogP contribution in [0.2, 0.25) is 0 Å². The Morgan fingerprint density at radius 1 is 1.10 bits per heavy atom. The van der Waals surface area contributed by atoms with E-state index in [1.165, 1.54) is 9.91 Å². The molecule has 7 rings (SSSR count). The summed E-state index contributed by atoms with van der Waals surface area (Å²) in [5.41, 5.74) is 9.66. The maximum atomic E-state index is 14.6. The van der Waals surface area contributed by atoms with E-state index in [1.807, 2.05) is 45.9 Å². The molecule has 3 amide bonds. The van der Waals surface area contributed by atoms with Crippen LogP contribution in [-0.2, 0) is 52.8 Å². The molecule has 2 aliphatic heterocycles. The largest absolute Gasteiger partial charge is 0.508 e. The number of methoxy groups -OCH3 is 2. The number of hydrogen-bond donors (Lipinski definition) is 3. The van der Waals surface area contributed by atoms with E-state index in [-0.39, 0.29) is 54.6 Å². The number of nitrogens with one attached hydrogen (secondary N) is 2. The molecule has 0 radical (unpaired) electrons. The van der Waals surface area contributed by atoms with Crippen LogP contribution >= 0.6 is 0 Å². The Hall–Kier alpha value is -5.31. The van der Waals surface area contributed by atoms with E-state index >= 15 is 0 Å². The molecule has 2 aromatic carbocycles. The van der Waals surface area contributed by atoms with Gasteiger partial charge in [0.05, 0.1) is 36.1 Å². The molecule has 0 unspecified atom stereocenters. The summed E-state index contributed by atoms with van der Waals surface area (Å²) >= 11 is 0. The number of aromatic nitrogens is 2. The van der Waals surface area contributed by atoms with Gasteiger partial charge in [0, 0.05) is 68.9 Å². The predicted molar refractivity (Wildman–Crippen MR) is 240 cm³/mol. The summed E-state index contributed by atoms with van der Waals surface area (Å²) in [7, 11) is 4.88. The number of fused-ring (bicyclic) bond motifs is 6. The lowest BCUT2D eigenvalue weighted by molar-refractivity contribution is -0.155. The molecule has 1 saturated heterocycles. The van der Waals surface area contributed by atoms with Crippen molar-refractivity contribution in [1.29, 1.82) is 0 Å². The van der Waals surface area contributed by atoms with Gasteiger partial charge in [-0.25, -0.2) is 5.43 Å². The van der Waals surface area contributed by atoms with E-state index in [0.29, 0.717) is 37.9 Å². The van der Waals surface area contributed by atoms with E-state index in [2.05, 4.69) is 54.3 Å². The first-order valence-electron chi connectivity index (χ1n) is 22.3. The molecular weight excluding hydrogens is 801 g/mol. The van der Waals surface area contributed by atoms with Crippen LogP contribution in [0.3, 0.4) is 0 Å². The lowest BCUT2D eigenvalue weighted by atomic mass is 9.84. The van der Waals surface area contributed by atoms with Crippen LogP contribution in [0, 0.1) is 23.2 Å². The quantitative estimate of drug-likeness (QED) is 0.156. The van der Waals surface area contributed by atoms with Crippen LogP contribution in [0.25, 0.3) is 33.3 Å². The van der Waals surface area contributed by atoms with Crippen LogP contribution in [0.15, 0.2) is 54.7 Å². The molecule has 3 N–H and O–H groups in total. The van der Waals surface area contributed by atoms with Crippen molar-refractivity contribution < 1.29 is 38.5 Å². The van der Waals surface area contributed by atoms with Gasteiger partial charge in [-0.15, -0.1) is 0 Å². The zero-order valence-corrected chi connectivity index (χ0v) is 38.4. The van der Waals surface area contributed by atoms with Crippen molar-refractivity contribution in [3.63, 3.8) is 0 Å². The van der Waals surface area contributed by atoms with Crippen molar-refractivity contribution in [1.82, 2.24) is 30.2 Å². The predicted octanol–water partition coefficient (Wildman–Crippen LogP) is 6.22. The van der Waals surface area contributed by atoms with Crippen molar-refractivity contribution in [3.8, 4) is 28.1 Å². The van der Waals surface area contributed by atoms with Crippen molar-refractivity contribution in [3.05, 3.63) is 71.5 Å². The molecule has 7 atom stereocenters. The summed E-state index contributed by atoms with van der Waals surface area (Å²) in [5.74, 6) is -2.20. The second-order valence-corrected chi connectivity index (χ2v) is 18.8. The van der Waals surface area contributed by atoms with Gasteiger partial charge in [0.25, 0.3) is 5.91 Å². The van der Waals surface area contributed by atoms with E-state index in [9.17, 15) is 24.3 Å². The highest BCUT2D eigenvalue weighted by Gasteiger charge is 2.54. The number of pyridine rings is 1. The fourth-order valence-corrected chi connectivity index (χ4v) is 9.77. The second-order valence-electron chi connectivity index (χ2n) is 18.8. The summed E-state index contributed by atoms with van der Waals surface area (Å²) < 4.78 is 19.7. The average molecular weight is 865 g/mol. The molecule has 14 heteroatoms. The van der Waals surface area contributed by atoms with Gasteiger partial charge in [0.1, 0.15) is 23.9 Å². The number of aryl methyl sites for hydroxylation is 1. The molecule has 1 saturated carbocycles. The van der Waals surface area contributed by atoms with E-state index < -0.39 is 41.3 Å². The number of amides is 3. The minimum atomic E-state index is -1.12. The minimum absolute atomic E-state index is 0.00630. The number of carbonyl (C=O) groups excluding carboxylic acids is 4. The normalized spacial score (nSPS) is 23.5. The van der Waals surface area contributed by atoms with E-state index in [4.69, 9.17) is 19.2 Å². The number of esters is 1. The molecule has 2 aromatic heterocycles. The lowest BCUT2D eigenvalue weighted by Gasteiger charge is -2.37. The number of rotatable bonds is 10. The van der Waals surface area contributed by atoms with Crippen LogP contribution in [0.5, 0.6) is 5.75 Å². The third-order valence-corrected chi connectivity index (χ3v) is 13.2. The SMILES string of the molecule is CCn1c(-c2cccnc2[C@H](C)OC)c2c3cc(ccc31)-c1cc(O)cc(c1)C[C@H](NC(=O)[C@H](C(C)C)N(C)C(=O)[C@H]1[C@@H](C)[C@H]1OC)C(=O)N1CCC[C@H](N1)C(=O)OCC(C)(C)C2.